The van der Waals surface area contributed by atoms with Crippen molar-refractivity contribution in [2.24, 2.45) is 0 Å². The summed E-state index contributed by atoms with van der Waals surface area (Å²) in [6, 6.07) is 8.23. The summed E-state index contributed by atoms with van der Waals surface area (Å²) in [5, 5.41) is 9.01. The Bertz CT molecular complexity index is 706. The van der Waals surface area contributed by atoms with E-state index in [9.17, 15) is 13.6 Å². The lowest BCUT2D eigenvalue weighted by atomic mass is 10.1. The van der Waals surface area contributed by atoms with Gasteiger partial charge in [-0.3, -0.25) is 0 Å². The summed E-state index contributed by atoms with van der Waals surface area (Å²) in [5.74, 6) is -2.09. The number of nitrogens with zero attached hydrogens (tertiary/aromatic N) is 1. The van der Waals surface area contributed by atoms with E-state index in [1.807, 2.05) is 6.92 Å². The van der Waals surface area contributed by atoms with Gasteiger partial charge >= 0.3 is 5.97 Å². The molecule has 0 saturated carbocycles. The maximum Gasteiger partial charge on any atom is 0.349 e. The molecule has 0 fully saturated rings. The molecule has 0 aliphatic rings. The predicted molar refractivity (Wildman–Crippen MR) is 73.9 cm³/mol. The maximum absolute atomic E-state index is 13.5. The van der Waals surface area contributed by atoms with Crippen LogP contribution >= 0.6 is 11.3 Å². The largest absolute Gasteiger partial charge is 0.442 e. The molecular weight excluding hydrogens is 296 g/mol. The molecule has 1 heterocycles. The summed E-state index contributed by atoms with van der Waals surface area (Å²) in [5.41, 5.74) is 0.123. The zero-order chi connectivity index (χ0) is 15.4. The summed E-state index contributed by atoms with van der Waals surface area (Å²) in [6.45, 7) is 1.84. The van der Waals surface area contributed by atoms with Crippen molar-refractivity contribution in [1.29, 1.82) is 5.26 Å². The Morgan fingerprint density at radius 3 is 2.71 bits per heavy atom. The minimum Gasteiger partial charge on any atom is -0.442 e. The number of benzene rings is 1. The van der Waals surface area contributed by atoms with Crippen molar-refractivity contribution < 1.29 is 18.3 Å². The second-order valence-electron chi connectivity index (χ2n) is 4.37. The number of carbonyl (C=O) groups excluding carboxylic acids is 1. The monoisotopic (exact) mass is 307 g/mol. The number of thiophene rings is 1. The van der Waals surface area contributed by atoms with Crippen LogP contribution < -0.4 is 0 Å². The fourth-order valence-corrected chi connectivity index (χ4v) is 2.48. The third-order valence-corrected chi connectivity index (χ3v) is 3.74. The molecule has 1 aromatic heterocycles. The van der Waals surface area contributed by atoms with Gasteiger partial charge in [-0.2, -0.15) is 5.26 Å². The quantitative estimate of drug-likeness (QED) is 0.811. The highest BCUT2D eigenvalue weighted by Crippen LogP contribution is 2.18. The van der Waals surface area contributed by atoms with E-state index < -0.39 is 23.7 Å². The molecule has 0 N–H and O–H groups in total. The molecular formula is C15H11F2NO2S. The molecule has 0 amide bonds. The van der Waals surface area contributed by atoms with E-state index in [4.69, 9.17) is 10.00 Å². The summed E-state index contributed by atoms with van der Waals surface area (Å²) in [7, 11) is 0. The Balaban J connectivity index is 2.07. The average molecular weight is 307 g/mol. The first-order valence-electron chi connectivity index (χ1n) is 6.10. The Morgan fingerprint density at radius 2 is 2.14 bits per heavy atom. The molecule has 21 heavy (non-hydrogen) atoms. The highest BCUT2D eigenvalue weighted by atomic mass is 32.1. The first-order valence-corrected chi connectivity index (χ1v) is 6.92. The van der Waals surface area contributed by atoms with Gasteiger partial charge in [0.1, 0.15) is 22.6 Å². The lowest BCUT2D eigenvalue weighted by Crippen LogP contribution is -2.19. The zero-order valence-electron chi connectivity index (χ0n) is 11.1. The second kappa shape index (κ2) is 6.46. The average Bonchev–Trinajstić information content (AvgIpc) is 2.87. The zero-order valence-corrected chi connectivity index (χ0v) is 11.9. The van der Waals surface area contributed by atoms with E-state index >= 15 is 0 Å². The summed E-state index contributed by atoms with van der Waals surface area (Å²) >= 11 is 1.25. The molecule has 0 aliphatic carbocycles. The Hall–Kier alpha value is -2.26. The molecule has 2 rings (SSSR count). The van der Waals surface area contributed by atoms with Crippen LogP contribution in [0.3, 0.4) is 0 Å². The molecule has 1 aromatic carbocycles. The standard InChI is InChI=1S/C15H11F2NO2S/c1-9-2-5-14(21-9)15(19)20-12(8-18)6-10-3-4-11(16)7-13(10)17/h2-5,7,12H,6H2,1H3. The van der Waals surface area contributed by atoms with E-state index in [0.29, 0.717) is 4.88 Å². The van der Waals surface area contributed by atoms with Gasteiger partial charge in [-0.1, -0.05) is 6.07 Å². The van der Waals surface area contributed by atoms with Crippen molar-refractivity contribution in [3.05, 3.63) is 57.3 Å². The fraction of sp³-hybridized carbons (Fsp3) is 0.200. The van der Waals surface area contributed by atoms with Crippen molar-refractivity contribution >= 4 is 17.3 Å². The highest BCUT2D eigenvalue weighted by Gasteiger charge is 2.19. The number of ether oxygens (including phenoxy) is 1. The molecule has 0 spiro atoms. The van der Waals surface area contributed by atoms with Gasteiger partial charge in [-0.15, -0.1) is 11.3 Å². The molecule has 3 nitrogen and oxygen atoms in total. The molecule has 0 bridgehead atoms. The first kappa shape index (κ1) is 15.1. The number of hydrogen-bond acceptors (Lipinski definition) is 4. The number of halogens is 2. The van der Waals surface area contributed by atoms with Crippen molar-refractivity contribution in [2.75, 3.05) is 0 Å². The third kappa shape index (κ3) is 3.86. The lowest BCUT2D eigenvalue weighted by Gasteiger charge is -2.11. The van der Waals surface area contributed by atoms with Gasteiger partial charge in [0, 0.05) is 17.4 Å². The van der Waals surface area contributed by atoms with Crippen molar-refractivity contribution in [3.63, 3.8) is 0 Å². The van der Waals surface area contributed by atoms with Gasteiger partial charge in [0.15, 0.2) is 6.10 Å². The van der Waals surface area contributed by atoms with Crippen LogP contribution in [0.1, 0.15) is 20.1 Å². The number of esters is 1. The Morgan fingerprint density at radius 1 is 1.38 bits per heavy atom. The van der Waals surface area contributed by atoms with Crippen LogP contribution in [0.15, 0.2) is 30.3 Å². The van der Waals surface area contributed by atoms with E-state index in [-0.39, 0.29) is 12.0 Å². The molecule has 108 valence electrons. The minimum absolute atomic E-state index is 0.123. The van der Waals surface area contributed by atoms with Crippen LogP contribution in [0.25, 0.3) is 0 Å². The van der Waals surface area contributed by atoms with Crippen LogP contribution in [-0.2, 0) is 11.2 Å². The molecule has 1 unspecified atom stereocenters. The minimum atomic E-state index is -1.13. The SMILES string of the molecule is Cc1ccc(C(=O)OC(C#N)Cc2ccc(F)cc2F)s1. The lowest BCUT2D eigenvalue weighted by molar-refractivity contribution is 0.0412. The van der Waals surface area contributed by atoms with Crippen LogP contribution in [0.2, 0.25) is 0 Å². The topological polar surface area (TPSA) is 50.1 Å². The molecule has 2 aromatic rings. The summed E-state index contributed by atoms with van der Waals surface area (Å²) < 4.78 is 31.4. The Kier molecular flexibility index (Phi) is 4.66. The highest BCUT2D eigenvalue weighted by molar-refractivity contribution is 7.13. The summed E-state index contributed by atoms with van der Waals surface area (Å²) in [6.07, 6.45) is -1.25. The van der Waals surface area contributed by atoms with Crippen LogP contribution in [0, 0.1) is 29.9 Å². The Labute approximate surface area is 124 Å². The normalized spacial score (nSPS) is 11.7. The molecule has 1 atom stereocenters. The third-order valence-electron chi connectivity index (χ3n) is 2.76. The number of aryl methyl sites for hydroxylation is 1. The number of hydrogen-bond donors (Lipinski definition) is 0. The molecule has 0 radical (unpaired) electrons. The first-order chi connectivity index (χ1) is 9.99. The molecule has 0 saturated heterocycles. The van der Waals surface area contributed by atoms with Crippen molar-refractivity contribution in [3.8, 4) is 6.07 Å². The number of rotatable bonds is 4. The molecule has 0 aliphatic heterocycles. The van der Waals surface area contributed by atoms with Gasteiger partial charge in [0.25, 0.3) is 0 Å². The van der Waals surface area contributed by atoms with Crippen LogP contribution in [0.4, 0.5) is 8.78 Å². The number of carbonyl (C=O) groups is 1. The second-order valence-corrected chi connectivity index (χ2v) is 5.66. The van der Waals surface area contributed by atoms with E-state index in [1.54, 1.807) is 18.2 Å². The number of nitriles is 1. The van der Waals surface area contributed by atoms with Gasteiger partial charge in [-0.25, -0.2) is 13.6 Å². The predicted octanol–water partition coefficient (Wildman–Crippen LogP) is 3.63. The van der Waals surface area contributed by atoms with E-state index in [1.165, 1.54) is 17.4 Å². The van der Waals surface area contributed by atoms with Crippen LogP contribution in [0.5, 0.6) is 0 Å². The van der Waals surface area contributed by atoms with Crippen LogP contribution in [-0.4, -0.2) is 12.1 Å². The van der Waals surface area contributed by atoms with Gasteiger partial charge < -0.3 is 4.74 Å². The van der Waals surface area contributed by atoms with E-state index in [0.717, 1.165) is 17.0 Å². The van der Waals surface area contributed by atoms with Gasteiger partial charge in [0.05, 0.1) is 0 Å². The smallest absolute Gasteiger partial charge is 0.349 e. The van der Waals surface area contributed by atoms with Crippen molar-refractivity contribution in [2.45, 2.75) is 19.4 Å². The van der Waals surface area contributed by atoms with Crippen molar-refractivity contribution in [1.82, 2.24) is 0 Å². The van der Waals surface area contributed by atoms with Gasteiger partial charge in [-0.05, 0) is 30.7 Å². The maximum atomic E-state index is 13.5. The summed E-state index contributed by atoms with van der Waals surface area (Å²) in [4.78, 5) is 13.2. The fourth-order valence-electron chi connectivity index (χ4n) is 1.73. The van der Waals surface area contributed by atoms with E-state index in [2.05, 4.69) is 0 Å². The van der Waals surface area contributed by atoms with Gasteiger partial charge in [0.2, 0.25) is 0 Å². The molecule has 6 heteroatoms.